The van der Waals surface area contributed by atoms with E-state index in [9.17, 15) is 4.79 Å². The molecule has 158 valence electrons. The molecule has 1 heterocycles. The van der Waals surface area contributed by atoms with Gasteiger partial charge in [-0.2, -0.15) is 4.98 Å². The zero-order valence-electron chi connectivity index (χ0n) is 18.0. The van der Waals surface area contributed by atoms with Crippen molar-refractivity contribution in [1.29, 1.82) is 0 Å². The maximum absolute atomic E-state index is 12.7. The van der Waals surface area contributed by atoms with Gasteiger partial charge in [-0.1, -0.05) is 17.3 Å². The largest absolute Gasteiger partial charge is 0.497 e. The van der Waals surface area contributed by atoms with Crippen LogP contribution in [0.4, 0.5) is 5.69 Å². The van der Waals surface area contributed by atoms with Crippen molar-refractivity contribution in [2.75, 3.05) is 32.6 Å². The average Bonchev–Trinajstić information content (AvgIpc) is 3.25. The Morgan fingerprint density at radius 1 is 1.07 bits per heavy atom. The fraction of sp³-hybridized carbons (Fsp3) is 0.348. The zero-order valence-corrected chi connectivity index (χ0v) is 18.0. The highest BCUT2D eigenvalue weighted by atomic mass is 16.5. The summed E-state index contributed by atoms with van der Waals surface area (Å²) in [6, 6.07) is 15.7. The number of methoxy groups -OCH3 is 1. The second-order valence-corrected chi connectivity index (χ2v) is 7.21. The monoisotopic (exact) mass is 408 g/mol. The predicted octanol–water partition coefficient (Wildman–Crippen LogP) is 3.79. The number of hydrogen-bond donors (Lipinski definition) is 0. The maximum Gasteiger partial charge on any atom is 0.227 e. The van der Waals surface area contributed by atoms with Gasteiger partial charge in [-0.05, 0) is 48.9 Å². The lowest BCUT2D eigenvalue weighted by Crippen LogP contribution is -2.30. The number of nitrogens with zero attached hydrogens (tertiary/aromatic N) is 4. The molecule has 2 aromatic carbocycles. The van der Waals surface area contributed by atoms with Crippen LogP contribution >= 0.6 is 0 Å². The molecule has 0 saturated carbocycles. The highest BCUT2D eigenvalue weighted by molar-refractivity contribution is 5.76. The zero-order chi connectivity index (χ0) is 21.5. The lowest BCUT2D eigenvalue weighted by Gasteiger charge is -2.21. The van der Waals surface area contributed by atoms with Crippen LogP contribution in [0.25, 0.3) is 11.4 Å². The normalized spacial score (nSPS) is 10.7. The average molecular weight is 409 g/mol. The number of hydrogen-bond acceptors (Lipinski definition) is 6. The van der Waals surface area contributed by atoms with Crippen molar-refractivity contribution in [3.8, 4) is 17.1 Å². The molecule has 3 rings (SSSR count). The Bertz CT molecular complexity index is 949. The minimum absolute atomic E-state index is 0.0679. The van der Waals surface area contributed by atoms with Crippen LogP contribution in [0.1, 0.15) is 24.8 Å². The number of carbonyl (C=O) groups is 1. The molecule has 0 aliphatic heterocycles. The number of aryl methyl sites for hydroxylation is 1. The predicted molar refractivity (Wildman–Crippen MR) is 116 cm³/mol. The van der Waals surface area contributed by atoms with E-state index in [1.807, 2.05) is 50.2 Å². The first-order valence-corrected chi connectivity index (χ1v) is 10.0. The van der Waals surface area contributed by atoms with Gasteiger partial charge in [0, 0.05) is 51.3 Å². The highest BCUT2D eigenvalue weighted by Crippen LogP contribution is 2.20. The van der Waals surface area contributed by atoms with Crippen molar-refractivity contribution in [3.05, 3.63) is 60.0 Å². The summed E-state index contributed by atoms with van der Waals surface area (Å²) in [5.41, 5.74) is 3.08. The smallest absolute Gasteiger partial charge is 0.227 e. The molecule has 7 heteroatoms. The van der Waals surface area contributed by atoms with Gasteiger partial charge in [-0.15, -0.1) is 0 Å². The molecule has 1 amide bonds. The fourth-order valence-corrected chi connectivity index (χ4v) is 3.08. The van der Waals surface area contributed by atoms with E-state index < -0.39 is 0 Å². The molecule has 0 radical (unpaired) electrons. The Labute approximate surface area is 177 Å². The number of rotatable bonds is 9. The first-order chi connectivity index (χ1) is 14.5. The van der Waals surface area contributed by atoms with Crippen molar-refractivity contribution < 1.29 is 14.1 Å². The van der Waals surface area contributed by atoms with Gasteiger partial charge in [-0.25, -0.2) is 0 Å². The molecule has 3 aromatic rings. The summed E-state index contributed by atoms with van der Waals surface area (Å²) in [6.07, 6.45) is 0.742. The van der Waals surface area contributed by atoms with Crippen LogP contribution in [0.2, 0.25) is 0 Å². The van der Waals surface area contributed by atoms with Crippen LogP contribution in [0.5, 0.6) is 5.75 Å². The van der Waals surface area contributed by atoms with Crippen molar-refractivity contribution >= 4 is 11.6 Å². The van der Waals surface area contributed by atoms with Gasteiger partial charge < -0.3 is 19.1 Å². The number of amides is 1. The van der Waals surface area contributed by atoms with Gasteiger partial charge >= 0.3 is 0 Å². The molecule has 0 spiro atoms. The summed E-state index contributed by atoms with van der Waals surface area (Å²) in [5, 5.41) is 4.02. The van der Waals surface area contributed by atoms with Gasteiger partial charge in [-0.3, -0.25) is 4.79 Å². The minimum atomic E-state index is 0.0679. The number of ether oxygens (including phenoxy) is 1. The van der Waals surface area contributed by atoms with Crippen LogP contribution in [0.15, 0.2) is 53.1 Å². The highest BCUT2D eigenvalue weighted by Gasteiger charge is 2.15. The third kappa shape index (κ3) is 5.37. The van der Waals surface area contributed by atoms with Gasteiger partial charge in [0.25, 0.3) is 0 Å². The van der Waals surface area contributed by atoms with Crippen LogP contribution in [0, 0.1) is 0 Å². The Morgan fingerprint density at radius 2 is 1.77 bits per heavy atom. The summed E-state index contributed by atoms with van der Waals surface area (Å²) >= 11 is 0. The van der Waals surface area contributed by atoms with Crippen molar-refractivity contribution in [2.24, 2.45) is 0 Å². The number of carbonyl (C=O) groups excluding carboxylic acids is 1. The Kier molecular flexibility index (Phi) is 7.06. The second kappa shape index (κ2) is 9.91. The summed E-state index contributed by atoms with van der Waals surface area (Å²) in [6.45, 7) is 3.22. The van der Waals surface area contributed by atoms with E-state index >= 15 is 0 Å². The SMILES string of the molecule is CCN(Cc1ccc(N(C)C)cc1)C(=O)CCc1nc(-c2ccc(OC)cc2)no1. The van der Waals surface area contributed by atoms with Gasteiger partial charge in [0.05, 0.1) is 7.11 Å². The van der Waals surface area contributed by atoms with Gasteiger partial charge in [0.15, 0.2) is 0 Å². The Morgan fingerprint density at radius 3 is 2.37 bits per heavy atom. The summed E-state index contributed by atoms with van der Waals surface area (Å²) in [7, 11) is 5.64. The van der Waals surface area contributed by atoms with Crippen molar-refractivity contribution in [3.63, 3.8) is 0 Å². The van der Waals surface area contributed by atoms with E-state index in [-0.39, 0.29) is 5.91 Å². The quantitative estimate of drug-likeness (QED) is 0.536. The maximum atomic E-state index is 12.7. The van der Waals surface area contributed by atoms with Crippen LogP contribution in [-0.2, 0) is 17.8 Å². The van der Waals surface area contributed by atoms with E-state index in [2.05, 4.69) is 39.3 Å². The minimum Gasteiger partial charge on any atom is -0.497 e. The van der Waals surface area contributed by atoms with E-state index in [1.54, 1.807) is 7.11 Å². The van der Waals surface area contributed by atoms with E-state index in [4.69, 9.17) is 9.26 Å². The van der Waals surface area contributed by atoms with Crippen LogP contribution < -0.4 is 9.64 Å². The topological polar surface area (TPSA) is 71.7 Å². The van der Waals surface area contributed by atoms with Crippen LogP contribution in [-0.4, -0.2) is 48.7 Å². The number of aromatic nitrogens is 2. The molecule has 0 saturated heterocycles. The fourth-order valence-electron chi connectivity index (χ4n) is 3.08. The molecule has 0 N–H and O–H groups in total. The standard InChI is InChI=1S/C23H28N4O3/c1-5-27(16-17-6-10-19(11-7-17)26(2)3)22(28)15-14-21-24-23(25-30-21)18-8-12-20(29-4)13-9-18/h6-13H,5,14-16H2,1-4H3. The second-order valence-electron chi connectivity index (χ2n) is 7.21. The third-order valence-corrected chi connectivity index (χ3v) is 4.93. The number of anilines is 1. The number of benzene rings is 2. The summed E-state index contributed by atoms with van der Waals surface area (Å²) in [4.78, 5) is 21.0. The van der Waals surface area contributed by atoms with Crippen molar-refractivity contribution in [2.45, 2.75) is 26.3 Å². The van der Waals surface area contributed by atoms with E-state index in [0.29, 0.717) is 37.6 Å². The van der Waals surface area contributed by atoms with Crippen molar-refractivity contribution in [1.82, 2.24) is 15.0 Å². The molecule has 0 unspecified atom stereocenters. The molecule has 0 aliphatic carbocycles. The van der Waals surface area contributed by atoms with E-state index in [0.717, 1.165) is 22.6 Å². The molecule has 1 aromatic heterocycles. The Hall–Kier alpha value is -3.35. The molecule has 30 heavy (non-hydrogen) atoms. The van der Waals surface area contributed by atoms with Gasteiger partial charge in [0.1, 0.15) is 5.75 Å². The molecular formula is C23H28N4O3. The molecule has 0 atom stereocenters. The lowest BCUT2D eigenvalue weighted by molar-refractivity contribution is -0.131. The first-order valence-electron chi connectivity index (χ1n) is 10.0. The molecule has 7 nitrogen and oxygen atoms in total. The molecular weight excluding hydrogens is 380 g/mol. The molecule has 0 aliphatic rings. The molecule has 0 bridgehead atoms. The summed E-state index contributed by atoms with van der Waals surface area (Å²) < 4.78 is 10.5. The van der Waals surface area contributed by atoms with Gasteiger partial charge in [0.2, 0.25) is 17.6 Å². The lowest BCUT2D eigenvalue weighted by atomic mass is 10.1. The first kappa shape index (κ1) is 21.4. The third-order valence-electron chi connectivity index (χ3n) is 4.93. The Balaban J connectivity index is 1.56. The van der Waals surface area contributed by atoms with E-state index in [1.165, 1.54) is 0 Å². The summed E-state index contributed by atoms with van der Waals surface area (Å²) in [5.74, 6) is 1.80. The molecule has 0 fully saturated rings. The van der Waals surface area contributed by atoms with Crippen LogP contribution in [0.3, 0.4) is 0 Å².